The molecule has 0 bridgehead atoms. The number of likely N-dealkylation sites (N-methyl/N-ethyl adjacent to an activating group) is 1. The summed E-state index contributed by atoms with van der Waals surface area (Å²) < 4.78 is 5.07. The van der Waals surface area contributed by atoms with Crippen LogP contribution < -0.4 is 5.56 Å². The number of hydrogen-bond acceptors (Lipinski definition) is 6. The molecular formula is C18H17N3O4S. The van der Waals surface area contributed by atoms with Crippen molar-refractivity contribution in [1.29, 1.82) is 0 Å². The first-order valence-corrected chi connectivity index (χ1v) is 8.81. The van der Waals surface area contributed by atoms with Crippen molar-refractivity contribution in [1.82, 2.24) is 15.1 Å². The molecule has 0 fully saturated rings. The highest BCUT2D eigenvalue weighted by Crippen LogP contribution is 2.13. The molecule has 26 heavy (non-hydrogen) atoms. The number of aromatic nitrogens is 2. The van der Waals surface area contributed by atoms with E-state index in [0.29, 0.717) is 23.0 Å². The van der Waals surface area contributed by atoms with E-state index in [0.717, 1.165) is 4.88 Å². The Morgan fingerprint density at radius 2 is 1.96 bits per heavy atom. The standard InChI is InChI=1S/C18H17N3O4S/c1-21(10-12-5-4-8-26-12)16(22)11-25-17(23)9-15-13-6-2-3-7-14(13)18(24)20-19-15/h2-8H,9-11H2,1H3,(H,20,24). The lowest BCUT2D eigenvalue weighted by Crippen LogP contribution is -2.30. The fraction of sp³-hybridized carbons (Fsp3) is 0.222. The van der Waals surface area contributed by atoms with Gasteiger partial charge in [0.25, 0.3) is 11.5 Å². The van der Waals surface area contributed by atoms with Crippen LogP contribution in [0.15, 0.2) is 46.6 Å². The number of rotatable bonds is 6. The SMILES string of the molecule is CN(Cc1cccs1)C(=O)COC(=O)Cc1n[nH]c(=O)c2ccccc12. The summed E-state index contributed by atoms with van der Waals surface area (Å²) in [5.41, 5.74) is 0.0905. The average molecular weight is 371 g/mol. The zero-order valence-electron chi connectivity index (χ0n) is 14.1. The smallest absolute Gasteiger partial charge is 0.312 e. The molecule has 3 aromatic rings. The summed E-state index contributed by atoms with van der Waals surface area (Å²) in [5, 5.41) is 9.28. The van der Waals surface area contributed by atoms with Crippen LogP contribution in [0.5, 0.6) is 0 Å². The molecular weight excluding hydrogens is 354 g/mol. The first-order chi connectivity index (χ1) is 12.5. The lowest BCUT2D eigenvalue weighted by molar-refractivity contribution is -0.151. The predicted molar refractivity (Wildman–Crippen MR) is 97.8 cm³/mol. The lowest BCUT2D eigenvalue weighted by atomic mass is 10.1. The molecule has 134 valence electrons. The molecule has 1 amide bonds. The molecule has 0 spiro atoms. The van der Waals surface area contributed by atoms with E-state index < -0.39 is 5.97 Å². The third-order valence-electron chi connectivity index (χ3n) is 3.84. The summed E-state index contributed by atoms with van der Waals surface area (Å²) in [7, 11) is 1.66. The number of esters is 1. The minimum absolute atomic E-state index is 0.126. The maximum atomic E-state index is 12.1. The molecule has 2 heterocycles. The molecule has 3 rings (SSSR count). The van der Waals surface area contributed by atoms with Gasteiger partial charge in [0.2, 0.25) is 0 Å². The Balaban J connectivity index is 1.58. The number of ether oxygens (including phenoxy) is 1. The Morgan fingerprint density at radius 1 is 1.19 bits per heavy atom. The molecule has 0 aliphatic heterocycles. The third kappa shape index (κ3) is 4.15. The molecule has 2 aromatic heterocycles. The zero-order chi connectivity index (χ0) is 18.5. The van der Waals surface area contributed by atoms with Crippen LogP contribution in [0.3, 0.4) is 0 Å². The van der Waals surface area contributed by atoms with Gasteiger partial charge < -0.3 is 9.64 Å². The highest BCUT2D eigenvalue weighted by atomic mass is 32.1. The van der Waals surface area contributed by atoms with Gasteiger partial charge in [0.05, 0.1) is 24.0 Å². The Kier molecular flexibility index (Phi) is 5.43. The van der Waals surface area contributed by atoms with E-state index in [4.69, 9.17) is 4.74 Å². The fourth-order valence-corrected chi connectivity index (χ4v) is 3.23. The molecule has 8 heteroatoms. The molecule has 0 aliphatic carbocycles. The van der Waals surface area contributed by atoms with Crippen LogP contribution in [-0.4, -0.2) is 40.6 Å². The zero-order valence-corrected chi connectivity index (χ0v) is 14.9. The van der Waals surface area contributed by atoms with Crippen LogP contribution in [0.2, 0.25) is 0 Å². The van der Waals surface area contributed by atoms with Gasteiger partial charge in [-0.15, -0.1) is 11.3 Å². The number of nitrogens with one attached hydrogen (secondary N) is 1. The predicted octanol–water partition coefficient (Wildman–Crippen LogP) is 1.73. The minimum Gasteiger partial charge on any atom is -0.455 e. The molecule has 0 radical (unpaired) electrons. The summed E-state index contributed by atoms with van der Waals surface area (Å²) in [4.78, 5) is 38.4. The summed E-state index contributed by atoms with van der Waals surface area (Å²) in [6, 6.07) is 10.7. The van der Waals surface area contributed by atoms with Crippen LogP contribution in [-0.2, 0) is 27.3 Å². The van der Waals surface area contributed by atoms with E-state index in [-0.39, 0.29) is 24.5 Å². The molecule has 0 saturated carbocycles. The van der Waals surface area contributed by atoms with Gasteiger partial charge in [-0.2, -0.15) is 5.10 Å². The molecule has 1 N–H and O–H groups in total. The fourth-order valence-electron chi connectivity index (χ4n) is 2.47. The number of benzene rings is 1. The van der Waals surface area contributed by atoms with Crippen molar-refractivity contribution in [3.05, 3.63) is 62.7 Å². The van der Waals surface area contributed by atoms with Gasteiger partial charge in [-0.05, 0) is 17.5 Å². The number of hydrogen-bond donors (Lipinski definition) is 1. The normalized spacial score (nSPS) is 10.7. The Bertz CT molecular complexity index is 982. The summed E-state index contributed by atoms with van der Waals surface area (Å²) in [6.45, 7) is 0.141. The number of fused-ring (bicyclic) bond motifs is 1. The van der Waals surface area contributed by atoms with Crippen LogP contribution in [0.4, 0.5) is 0 Å². The largest absolute Gasteiger partial charge is 0.455 e. The van der Waals surface area contributed by atoms with Crippen LogP contribution in [0.1, 0.15) is 10.6 Å². The molecule has 0 saturated heterocycles. The molecule has 0 unspecified atom stereocenters. The van der Waals surface area contributed by atoms with Gasteiger partial charge in [0, 0.05) is 17.3 Å². The second-order valence-corrected chi connectivity index (χ2v) is 6.74. The first-order valence-electron chi connectivity index (χ1n) is 7.93. The lowest BCUT2D eigenvalue weighted by Gasteiger charge is -2.16. The molecule has 7 nitrogen and oxygen atoms in total. The number of nitrogens with zero attached hydrogens (tertiary/aromatic N) is 2. The summed E-state index contributed by atoms with van der Waals surface area (Å²) in [6.07, 6.45) is -0.126. The number of thiophene rings is 1. The Labute approximate surface area is 153 Å². The molecule has 0 aliphatic rings. The van der Waals surface area contributed by atoms with Gasteiger partial charge in [0.1, 0.15) is 0 Å². The minimum atomic E-state index is -0.576. The van der Waals surface area contributed by atoms with E-state index in [9.17, 15) is 14.4 Å². The van der Waals surface area contributed by atoms with Gasteiger partial charge in [0.15, 0.2) is 6.61 Å². The maximum Gasteiger partial charge on any atom is 0.312 e. The van der Waals surface area contributed by atoms with Gasteiger partial charge in [-0.1, -0.05) is 24.3 Å². The maximum absolute atomic E-state index is 12.1. The van der Waals surface area contributed by atoms with Crippen LogP contribution in [0, 0.1) is 0 Å². The number of carbonyl (C=O) groups is 2. The van der Waals surface area contributed by atoms with Gasteiger partial charge >= 0.3 is 5.97 Å². The monoisotopic (exact) mass is 371 g/mol. The van der Waals surface area contributed by atoms with Crippen molar-refractivity contribution in [2.75, 3.05) is 13.7 Å². The van der Waals surface area contributed by atoms with Crippen molar-refractivity contribution < 1.29 is 14.3 Å². The van der Waals surface area contributed by atoms with E-state index >= 15 is 0 Å². The number of aromatic amines is 1. The third-order valence-corrected chi connectivity index (χ3v) is 4.70. The average Bonchev–Trinajstić information content (AvgIpc) is 3.15. The number of carbonyl (C=O) groups excluding carboxylic acids is 2. The van der Waals surface area contributed by atoms with Crippen molar-refractivity contribution in [2.24, 2.45) is 0 Å². The van der Waals surface area contributed by atoms with Gasteiger partial charge in [-0.3, -0.25) is 14.4 Å². The van der Waals surface area contributed by atoms with E-state index in [1.54, 1.807) is 42.6 Å². The summed E-state index contributed by atoms with van der Waals surface area (Å²) in [5.74, 6) is -0.862. The highest BCUT2D eigenvalue weighted by molar-refractivity contribution is 7.09. The topological polar surface area (TPSA) is 92.4 Å². The molecule has 0 atom stereocenters. The molecule has 1 aromatic carbocycles. The Morgan fingerprint density at radius 3 is 2.69 bits per heavy atom. The van der Waals surface area contributed by atoms with E-state index in [1.165, 1.54) is 4.90 Å². The highest BCUT2D eigenvalue weighted by Gasteiger charge is 2.15. The second-order valence-electron chi connectivity index (χ2n) is 5.71. The quantitative estimate of drug-likeness (QED) is 0.666. The summed E-state index contributed by atoms with van der Waals surface area (Å²) >= 11 is 1.56. The Hall–Kier alpha value is -3.00. The van der Waals surface area contributed by atoms with Crippen LogP contribution in [0.25, 0.3) is 10.8 Å². The van der Waals surface area contributed by atoms with Gasteiger partial charge in [-0.25, -0.2) is 5.10 Å². The van der Waals surface area contributed by atoms with Crippen LogP contribution >= 0.6 is 11.3 Å². The number of H-pyrrole nitrogens is 1. The van der Waals surface area contributed by atoms with E-state index in [1.807, 2.05) is 17.5 Å². The van der Waals surface area contributed by atoms with Crippen molar-refractivity contribution in [3.63, 3.8) is 0 Å². The number of amides is 1. The van der Waals surface area contributed by atoms with Crippen molar-refractivity contribution in [3.8, 4) is 0 Å². The second kappa shape index (κ2) is 7.92. The first kappa shape index (κ1) is 17.8. The van der Waals surface area contributed by atoms with Crippen molar-refractivity contribution >= 4 is 34.0 Å². The van der Waals surface area contributed by atoms with E-state index in [2.05, 4.69) is 10.2 Å². The van der Waals surface area contributed by atoms with Crippen molar-refractivity contribution in [2.45, 2.75) is 13.0 Å².